The van der Waals surface area contributed by atoms with Gasteiger partial charge in [0.05, 0.1) is 14.7 Å². The van der Waals surface area contributed by atoms with Crippen LogP contribution in [0.15, 0.2) is 0 Å². The molecule has 0 amide bonds. The molecule has 0 aromatic heterocycles. The third kappa shape index (κ3) is 4.09. The number of hydrogen-bond acceptors (Lipinski definition) is 4. The number of hydrogen-bond donors (Lipinski definition) is 0. The van der Waals surface area contributed by atoms with Crippen molar-refractivity contribution in [3.05, 3.63) is 14.6 Å². The molecule has 0 N–H and O–H groups in total. The van der Waals surface area contributed by atoms with Gasteiger partial charge in [0.15, 0.2) is 0 Å². The first-order chi connectivity index (χ1) is 9.20. The van der Waals surface area contributed by atoms with Crippen molar-refractivity contribution in [1.29, 1.82) is 0 Å². The Morgan fingerprint density at radius 3 is 2.00 bits per heavy atom. The highest BCUT2D eigenvalue weighted by molar-refractivity contribution is 7.74. The van der Waals surface area contributed by atoms with Crippen molar-refractivity contribution in [3.8, 4) is 0 Å². The molecule has 0 fully saturated rings. The lowest BCUT2D eigenvalue weighted by molar-refractivity contribution is 0.344. The van der Waals surface area contributed by atoms with Gasteiger partial charge in [0, 0.05) is 19.2 Å². The zero-order valence-corrected chi connectivity index (χ0v) is 15.4. The van der Waals surface area contributed by atoms with E-state index in [0.29, 0.717) is 0 Å². The SMILES string of the molecule is CCN(C)CCCCN(C)c1c(C(C)(C)C)c(=S)c1=S. The number of anilines is 1. The summed E-state index contributed by atoms with van der Waals surface area (Å²) in [7, 11) is 4.31. The van der Waals surface area contributed by atoms with Crippen LogP contribution < -0.4 is 4.90 Å². The zero-order chi connectivity index (χ0) is 15.5. The second kappa shape index (κ2) is 7.10. The topological polar surface area (TPSA) is 6.48 Å². The summed E-state index contributed by atoms with van der Waals surface area (Å²) in [5.41, 5.74) is 2.57. The lowest BCUT2D eigenvalue weighted by Gasteiger charge is -2.32. The molecule has 0 aliphatic rings. The molecule has 0 aliphatic carbocycles. The van der Waals surface area contributed by atoms with E-state index in [2.05, 4.69) is 51.6 Å². The number of rotatable bonds is 7. The van der Waals surface area contributed by atoms with E-state index in [9.17, 15) is 0 Å². The highest BCUT2D eigenvalue weighted by Gasteiger charge is 2.27. The van der Waals surface area contributed by atoms with Gasteiger partial charge in [-0.05, 0) is 38.4 Å². The molecule has 4 heteroatoms. The highest BCUT2D eigenvalue weighted by atomic mass is 32.1. The predicted molar refractivity (Wildman–Crippen MR) is 94.9 cm³/mol. The lowest BCUT2D eigenvalue weighted by atomic mass is 9.83. The van der Waals surface area contributed by atoms with E-state index in [1.165, 1.54) is 30.6 Å². The van der Waals surface area contributed by atoms with E-state index >= 15 is 0 Å². The Morgan fingerprint density at radius 1 is 0.950 bits per heavy atom. The molecule has 0 saturated carbocycles. The first-order valence-electron chi connectivity index (χ1n) is 7.43. The van der Waals surface area contributed by atoms with E-state index in [0.717, 1.165) is 22.1 Å². The fourth-order valence-electron chi connectivity index (χ4n) is 2.44. The van der Waals surface area contributed by atoms with Gasteiger partial charge in [0.2, 0.25) is 0 Å². The van der Waals surface area contributed by atoms with E-state index in [1.807, 2.05) is 0 Å². The zero-order valence-electron chi connectivity index (χ0n) is 13.7. The molecule has 2 nitrogen and oxygen atoms in total. The van der Waals surface area contributed by atoms with Crippen LogP contribution in [0.3, 0.4) is 0 Å². The summed E-state index contributed by atoms with van der Waals surface area (Å²) in [6.45, 7) is 12.2. The van der Waals surface area contributed by atoms with Gasteiger partial charge in [0.1, 0.15) is 0 Å². The van der Waals surface area contributed by atoms with Crippen molar-refractivity contribution in [2.75, 3.05) is 38.6 Å². The fourth-order valence-corrected chi connectivity index (χ4v) is 3.30. The maximum Gasteiger partial charge on any atom is 0.0798 e. The normalized spacial score (nSPS) is 12.3. The Balaban J connectivity index is 2.62. The average molecular weight is 313 g/mol. The van der Waals surface area contributed by atoms with Crippen LogP contribution in [-0.2, 0) is 5.41 Å². The van der Waals surface area contributed by atoms with Crippen molar-refractivity contribution >= 4 is 30.1 Å². The van der Waals surface area contributed by atoms with Gasteiger partial charge < -0.3 is 9.80 Å². The van der Waals surface area contributed by atoms with Crippen LogP contribution in [0.5, 0.6) is 0 Å². The average Bonchev–Trinajstić information content (AvgIpc) is 2.37. The molecule has 0 radical (unpaired) electrons. The summed E-state index contributed by atoms with van der Waals surface area (Å²) in [6, 6.07) is 0. The maximum absolute atomic E-state index is 5.44. The minimum atomic E-state index is 0.0887. The Bertz CT molecular complexity index is 507. The maximum atomic E-state index is 5.44. The highest BCUT2D eigenvalue weighted by Crippen LogP contribution is 2.39. The van der Waals surface area contributed by atoms with Crippen molar-refractivity contribution in [1.82, 2.24) is 4.90 Å². The van der Waals surface area contributed by atoms with Crippen LogP contribution in [0, 0.1) is 9.02 Å². The second-order valence-corrected chi connectivity index (χ2v) is 7.47. The summed E-state index contributed by atoms with van der Waals surface area (Å²) in [6.07, 6.45) is 2.42. The molecule has 0 aliphatic heterocycles. The van der Waals surface area contributed by atoms with Crippen molar-refractivity contribution in [2.45, 2.75) is 46.0 Å². The second-order valence-electron chi connectivity index (χ2n) is 6.66. The molecule has 0 bridgehead atoms. The van der Waals surface area contributed by atoms with Crippen molar-refractivity contribution in [3.63, 3.8) is 0 Å². The van der Waals surface area contributed by atoms with Gasteiger partial charge in [-0.3, -0.25) is 0 Å². The third-order valence-corrected chi connectivity index (χ3v) is 4.78. The summed E-state index contributed by atoms with van der Waals surface area (Å²) in [5.74, 6) is 0. The van der Waals surface area contributed by atoms with E-state index in [1.54, 1.807) is 0 Å². The van der Waals surface area contributed by atoms with Crippen molar-refractivity contribution in [2.24, 2.45) is 0 Å². The van der Waals surface area contributed by atoms with E-state index in [4.69, 9.17) is 24.4 Å². The summed E-state index contributed by atoms with van der Waals surface area (Å²) in [4.78, 5) is 4.65. The molecule has 20 heavy (non-hydrogen) atoms. The van der Waals surface area contributed by atoms with Crippen LogP contribution >= 0.6 is 24.4 Å². The first kappa shape index (κ1) is 17.7. The smallest absolute Gasteiger partial charge is 0.0798 e. The quantitative estimate of drug-likeness (QED) is 0.540. The first-order valence-corrected chi connectivity index (χ1v) is 8.25. The molecule has 0 atom stereocenters. The van der Waals surface area contributed by atoms with E-state index < -0.39 is 0 Å². The molecule has 1 rings (SSSR count). The van der Waals surface area contributed by atoms with Gasteiger partial charge in [-0.15, -0.1) is 0 Å². The Morgan fingerprint density at radius 2 is 1.50 bits per heavy atom. The third-order valence-electron chi connectivity index (χ3n) is 3.84. The predicted octanol–water partition coefficient (Wildman–Crippen LogP) is 4.49. The molecule has 0 heterocycles. The lowest BCUT2D eigenvalue weighted by Crippen LogP contribution is -2.28. The summed E-state index contributed by atoms with van der Waals surface area (Å²) in [5, 5.41) is 0. The van der Waals surface area contributed by atoms with Gasteiger partial charge in [0.25, 0.3) is 0 Å². The van der Waals surface area contributed by atoms with Crippen molar-refractivity contribution < 1.29 is 0 Å². The standard InChI is InChI=1S/C16H28N2S2/c1-7-17(5)10-8-9-11-18(6)13-12(16(2,3)4)14(19)15(13)20/h7-11H2,1-6H3. The molecule has 114 valence electrons. The van der Waals surface area contributed by atoms with Gasteiger partial charge >= 0.3 is 0 Å². The molecule has 1 aromatic rings. The molecule has 1 aromatic carbocycles. The minimum absolute atomic E-state index is 0.0887. The molecular formula is C16H28N2S2. The Kier molecular flexibility index (Phi) is 6.29. The monoisotopic (exact) mass is 312 g/mol. The van der Waals surface area contributed by atoms with Gasteiger partial charge in [-0.25, -0.2) is 0 Å². The van der Waals surface area contributed by atoms with Crippen LogP contribution in [0.25, 0.3) is 0 Å². The van der Waals surface area contributed by atoms with Crippen LogP contribution in [0.2, 0.25) is 0 Å². The van der Waals surface area contributed by atoms with E-state index in [-0.39, 0.29) is 5.41 Å². The molecular weight excluding hydrogens is 284 g/mol. The van der Waals surface area contributed by atoms with Crippen LogP contribution in [0.4, 0.5) is 5.69 Å². The van der Waals surface area contributed by atoms with Crippen LogP contribution in [0.1, 0.15) is 46.1 Å². The van der Waals surface area contributed by atoms with Gasteiger partial charge in [-0.2, -0.15) is 0 Å². The van der Waals surface area contributed by atoms with Gasteiger partial charge in [-0.1, -0.05) is 52.1 Å². The Labute approximate surface area is 134 Å². The number of unbranched alkanes of at least 4 members (excludes halogenated alkanes) is 1. The summed E-state index contributed by atoms with van der Waals surface area (Å²) >= 11 is 10.9. The molecule has 0 spiro atoms. The Hall–Kier alpha value is -0.320. The largest absolute Gasteiger partial charge is 0.373 e. The number of nitrogens with zero attached hydrogens (tertiary/aromatic N) is 2. The molecule has 0 unspecified atom stereocenters. The summed E-state index contributed by atoms with van der Waals surface area (Å²) < 4.78 is 1.79. The minimum Gasteiger partial charge on any atom is -0.373 e. The fraction of sp³-hybridized carbons (Fsp3) is 0.750. The molecule has 0 saturated heterocycles. The van der Waals surface area contributed by atoms with Crippen LogP contribution in [-0.4, -0.2) is 38.6 Å².